The molecule has 0 spiro atoms. The second kappa shape index (κ2) is 8.84. The smallest absolute Gasteiger partial charge is 0.232 e. The van der Waals surface area contributed by atoms with Crippen molar-refractivity contribution in [1.29, 1.82) is 0 Å². The van der Waals surface area contributed by atoms with Gasteiger partial charge in [0.25, 0.3) is 0 Å². The molecule has 4 aromatic rings. The van der Waals surface area contributed by atoms with Crippen molar-refractivity contribution in [2.75, 3.05) is 7.11 Å². The SMILES string of the molecule is COc1cnc2ccc(Br)c(Cl)c2n1.Clc1cnc2ccc(Br)c(Cl)c2n1. The Morgan fingerprint density at radius 3 is 1.85 bits per heavy atom. The lowest BCUT2D eigenvalue weighted by atomic mass is 10.3. The second-order valence-electron chi connectivity index (χ2n) is 5.06. The Bertz CT molecular complexity index is 1140. The number of methoxy groups -OCH3 is 1. The third-order valence-corrected chi connectivity index (χ3v) is 6.09. The van der Waals surface area contributed by atoms with Crippen LogP contribution in [0.4, 0.5) is 0 Å². The largest absolute Gasteiger partial charge is 0.480 e. The molecule has 0 radical (unpaired) electrons. The molecule has 2 aromatic heterocycles. The summed E-state index contributed by atoms with van der Waals surface area (Å²) in [4.78, 5) is 16.5. The van der Waals surface area contributed by atoms with E-state index in [-0.39, 0.29) is 0 Å². The fourth-order valence-electron chi connectivity index (χ4n) is 2.10. The van der Waals surface area contributed by atoms with E-state index >= 15 is 0 Å². The highest BCUT2D eigenvalue weighted by Gasteiger charge is 2.07. The molecule has 4 rings (SSSR count). The van der Waals surface area contributed by atoms with Crippen LogP contribution in [0.25, 0.3) is 22.1 Å². The molecule has 138 valence electrons. The van der Waals surface area contributed by atoms with Gasteiger partial charge < -0.3 is 4.74 Å². The van der Waals surface area contributed by atoms with Crippen LogP contribution in [-0.4, -0.2) is 27.0 Å². The molecule has 5 nitrogen and oxygen atoms in total. The normalized spacial score (nSPS) is 10.6. The van der Waals surface area contributed by atoms with E-state index in [0.29, 0.717) is 32.1 Å². The van der Waals surface area contributed by atoms with Gasteiger partial charge in [-0.3, -0.25) is 4.98 Å². The molecule has 2 heterocycles. The summed E-state index contributed by atoms with van der Waals surface area (Å²) in [5.41, 5.74) is 2.74. The van der Waals surface area contributed by atoms with E-state index in [9.17, 15) is 0 Å². The molecule has 2 aromatic carbocycles. The Hall–Kier alpha value is -1.25. The summed E-state index contributed by atoms with van der Waals surface area (Å²) in [6, 6.07) is 7.34. The molecule has 0 N–H and O–H groups in total. The molecular weight excluding hydrogens is 542 g/mol. The average molecular weight is 551 g/mol. The number of benzene rings is 2. The van der Waals surface area contributed by atoms with Crippen molar-refractivity contribution in [3.05, 3.63) is 60.8 Å². The van der Waals surface area contributed by atoms with Crippen molar-refractivity contribution in [3.63, 3.8) is 0 Å². The van der Waals surface area contributed by atoms with Gasteiger partial charge in [0, 0.05) is 8.95 Å². The van der Waals surface area contributed by atoms with Crippen LogP contribution in [0.2, 0.25) is 15.2 Å². The van der Waals surface area contributed by atoms with Crippen molar-refractivity contribution < 1.29 is 4.74 Å². The zero-order valence-corrected chi connectivity index (χ0v) is 19.0. The van der Waals surface area contributed by atoms with Crippen LogP contribution in [-0.2, 0) is 0 Å². The molecule has 0 saturated heterocycles. The topological polar surface area (TPSA) is 60.8 Å². The predicted octanol–water partition coefficient (Wildman–Crippen LogP) is 6.75. The van der Waals surface area contributed by atoms with Crippen molar-refractivity contribution in [1.82, 2.24) is 19.9 Å². The lowest BCUT2D eigenvalue weighted by Crippen LogP contribution is -1.91. The quantitative estimate of drug-likeness (QED) is 0.262. The fourth-order valence-corrected chi connectivity index (χ4v) is 3.28. The third-order valence-electron chi connectivity index (χ3n) is 3.37. The number of fused-ring (bicyclic) bond motifs is 2. The number of nitrogens with zero attached hydrogens (tertiary/aromatic N) is 4. The maximum atomic E-state index is 6.05. The number of rotatable bonds is 1. The maximum Gasteiger partial charge on any atom is 0.232 e. The zero-order chi connectivity index (χ0) is 19.6. The van der Waals surface area contributed by atoms with E-state index in [4.69, 9.17) is 39.5 Å². The highest BCUT2D eigenvalue weighted by Crippen LogP contribution is 2.30. The van der Waals surface area contributed by atoms with Crippen LogP contribution in [0.15, 0.2) is 45.6 Å². The molecule has 0 bridgehead atoms. The number of halogens is 5. The summed E-state index contributed by atoms with van der Waals surface area (Å²) >= 11 is 24.4. The van der Waals surface area contributed by atoms with E-state index in [1.807, 2.05) is 24.3 Å². The molecule has 0 unspecified atom stereocenters. The van der Waals surface area contributed by atoms with Gasteiger partial charge in [0.1, 0.15) is 16.2 Å². The van der Waals surface area contributed by atoms with Gasteiger partial charge in [-0.2, -0.15) is 0 Å². The predicted molar refractivity (Wildman–Crippen MR) is 116 cm³/mol. The van der Waals surface area contributed by atoms with Crippen molar-refractivity contribution >= 4 is 88.7 Å². The first-order chi connectivity index (χ1) is 12.9. The van der Waals surface area contributed by atoms with Crippen LogP contribution in [0.1, 0.15) is 0 Å². The molecular formula is C17H9Br2Cl3N4O. The third kappa shape index (κ3) is 4.60. The average Bonchev–Trinajstić information content (AvgIpc) is 2.68. The van der Waals surface area contributed by atoms with Gasteiger partial charge in [0.15, 0.2) is 0 Å². The number of hydrogen-bond acceptors (Lipinski definition) is 5. The van der Waals surface area contributed by atoms with Gasteiger partial charge in [0.2, 0.25) is 5.88 Å². The summed E-state index contributed by atoms with van der Waals surface area (Å²) in [5, 5.41) is 1.42. The lowest BCUT2D eigenvalue weighted by molar-refractivity contribution is 0.397. The molecule has 0 aliphatic rings. The Labute approximate surface area is 186 Å². The Balaban J connectivity index is 0.000000156. The van der Waals surface area contributed by atoms with Crippen molar-refractivity contribution in [2.45, 2.75) is 0 Å². The standard InChI is InChI=1S/C9H6BrClN2O.C8H3BrCl2N2/c1-14-7-4-12-6-3-2-5(10)8(11)9(6)13-7;9-4-1-2-5-8(7(4)11)13-6(10)3-12-5/h2-4H,1H3;1-3H. The van der Waals surface area contributed by atoms with Gasteiger partial charge in [-0.25, -0.2) is 15.0 Å². The van der Waals surface area contributed by atoms with Crippen molar-refractivity contribution in [2.24, 2.45) is 0 Å². The summed E-state index contributed by atoms with van der Waals surface area (Å²) in [5.74, 6) is 0.456. The molecule has 0 aliphatic carbocycles. The van der Waals surface area contributed by atoms with Gasteiger partial charge in [0.05, 0.1) is 40.6 Å². The van der Waals surface area contributed by atoms with E-state index in [1.165, 1.54) is 6.20 Å². The van der Waals surface area contributed by atoms with E-state index in [1.54, 1.807) is 13.3 Å². The van der Waals surface area contributed by atoms with Gasteiger partial charge in [-0.05, 0) is 56.1 Å². The second-order valence-corrected chi connectivity index (χ2v) is 7.92. The van der Waals surface area contributed by atoms with Gasteiger partial charge in [-0.15, -0.1) is 0 Å². The van der Waals surface area contributed by atoms with E-state index in [2.05, 4.69) is 51.8 Å². The van der Waals surface area contributed by atoms with E-state index in [0.717, 1.165) is 20.0 Å². The minimum absolute atomic E-state index is 0.340. The lowest BCUT2D eigenvalue weighted by Gasteiger charge is -2.03. The van der Waals surface area contributed by atoms with Crippen LogP contribution in [0.5, 0.6) is 5.88 Å². The van der Waals surface area contributed by atoms with Crippen LogP contribution in [0, 0.1) is 0 Å². The summed E-state index contributed by atoms with van der Waals surface area (Å²) in [7, 11) is 1.54. The molecule has 0 amide bonds. The number of hydrogen-bond donors (Lipinski definition) is 0. The minimum Gasteiger partial charge on any atom is -0.480 e. The Morgan fingerprint density at radius 1 is 0.778 bits per heavy atom. The first-order valence-corrected chi connectivity index (χ1v) is 10.0. The molecule has 0 saturated carbocycles. The molecule has 10 heteroatoms. The first-order valence-electron chi connectivity index (χ1n) is 7.31. The molecule has 0 atom stereocenters. The summed E-state index contributed by atoms with van der Waals surface area (Å²) < 4.78 is 6.56. The monoisotopic (exact) mass is 548 g/mol. The van der Waals surface area contributed by atoms with Crippen molar-refractivity contribution in [3.8, 4) is 5.88 Å². The van der Waals surface area contributed by atoms with Gasteiger partial charge >= 0.3 is 0 Å². The van der Waals surface area contributed by atoms with Gasteiger partial charge in [-0.1, -0.05) is 34.8 Å². The van der Waals surface area contributed by atoms with Crippen LogP contribution < -0.4 is 4.74 Å². The van der Waals surface area contributed by atoms with E-state index < -0.39 is 0 Å². The fraction of sp³-hybridized carbons (Fsp3) is 0.0588. The Kier molecular flexibility index (Phi) is 6.70. The molecule has 0 fully saturated rings. The number of ether oxygens (including phenoxy) is 1. The van der Waals surface area contributed by atoms with Crippen LogP contribution in [0.3, 0.4) is 0 Å². The first kappa shape index (κ1) is 20.5. The zero-order valence-electron chi connectivity index (χ0n) is 13.6. The summed E-state index contributed by atoms with van der Waals surface area (Å²) in [6.45, 7) is 0. The summed E-state index contributed by atoms with van der Waals surface area (Å²) in [6.07, 6.45) is 3.06. The highest BCUT2D eigenvalue weighted by molar-refractivity contribution is 9.10. The number of aromatic nitrogens is 4. The van der Waals surface area contributed by atoms with Crippen LogP contribution >= 0.6 is 66.7 Å². The highest BCUT2D eigenvalue weighted by atomic mass is 79.9. The molecule has 0 aliphatic heterocycles. The maximum absolute atomic E-state index is 6.05. The Morgan fingerprint density at radius 2 is 1.30 bits per heavy atom. The minimum atomic E-state index is 0.340. The molecule has 27 heavy (non-hydrogen) atoms.